The molecule has 0 unspecified atom stereocenters. The lowest BCUT2D eigenvalue weighted by atomic mass is 10.1. The molecule has 2 aromatic rings. The smallest absolute Gasteiger partial charge is 0.152 e. The monoisotopic (exact) mass is 259 g/mol. The van der Waals surface area contributed by atoms with E-state index in [2.05, 4.69) is 11.9 Å². The minimum atomic E-state index is -0.00713. The molecule has 0 saturated carbocycles. The predicted molar refractivity (Wildman–Crippen MR) is 71.0 cm³/mol. The summed E-state index contributed by atoms with van der Waals surface area (Å²) in [5.41, 5.74) is 1.07. The predicted octanol–water partition coefficient (Wildman–Crippen LogP) is 3.40. The summed E-state index contributed by atoms with van der Waals surface area (Å²) in [6.45, 7) is 2.12. The Kier molecular flexibility index (Phi) is 2.88. The average molecular weight is 259 g/mol. The maximum absolute atomic E-state index is 9.32. The molecule has 3 nitrogen and oxygen atoms in total. The van der Waals surface area contributed by atoms with Crippen molar-refractivity contribution in [1.82, 2.24) is 4.98 Å². The van der Waals surface area contributed by atoms with Crippen LogP contribution >= 0.6 is 11.8 Å². The van der Waals surface area contributed by atoms with Gasteiger partial charge in [0.1, 0.15) is 16.9 Å². The zero-order chi connectivity index (χ0) is 12.5. The van der Waals surface area contributed by atoms with Gasteiger partial charge in [-0.05, 0) is 36.8 Å². The number of phenols is 1. The van der Waals surface area contributed by atoms with E-state index in [0.29, 0.717) is 0 Å². The van der Waals surface area contributed by atoms with E-state index < -0.39 is 0 Å². The first kappa shape index (κ1) is 11.4. The normalized spacial score (nSPS) is 22.1. The molecule has 1 N–H and O–H groups in total. The van der Waals surface area contributed by atoms with Crippen molar-refractivity contribution in [1.29, 1.82) is 0 Å². The molecular formula is C14H13NO2S. The molecule has 0 radical (unpaired) electrons. The fourth-order valence-electron chi connectivity index (χ4n) is 2.03. The second kappa shape index (κ2) is 4.53. The number of phenolic OH excluding ortho intramolecular Hbond substituents is 1. The van der Waals surface area contributed by atoms with Crippen molar-refractivity contribution >= 4 is 11.8 Å². The highest BCUT2D eigenvalue weighted by molar-refractivity contribution is 8.00. The van der Waals surface area contributed by atoms with Crippen molar-refractivity contribution in [3.05, 3.63) is 48.2 Å². The molecule has 2 atom stereocenters. The lowest BCUT2D eigenvalue weighted by molar-refractivity contribution is 0.193. The Balaban J connectivity index is 1.93. The van der Waals surface area contributed by atoms with Gasteiger partial charge in [-0.25, -0.2) is 4.98 Å². The number of nitrogens with zero attached hydrogens (tertiary/aromatic N) is 1. The molecule has 1 aromatic carbocycles. The molecule has 0 bridgehead atoms. The first-order valence-corrected chi connectivity index (χ1v) is 6.69. The van der Waals surface area contributed by atoms with Crippen LogP contribution in [-0.2, 0) is 0 Å². The first-order valence-electron chi connectivity index (χ1n) is 5.81. The van der Waals surface area contributed by atoms with E-state index in [1.165, 1.54) is 0 Å². The summed E-state index contributed by atoms with van der Waals surface area (Å²) in [5.74, 6) is 1.11. The fraction of sp³-hybridized carbons (Fsp3) is 0.214. The summed E-state index contributed by atoms with van der Waals surface area (Å²) in [6, 6.07) is 11.0. The maximum Gasteiger partial charge on any atom is 0.152 e. The van der Waals surface area contributed by atoms with E-state index in [9.17, 15) is 5.11 Å². The average Bonchev–Trinajstić information content (AvgIpc) is 2.39. The highest BCUT2D eigenvalue weighted by Crippen LogP contribution is 2.43. The summed E-state index contributed by atoms with van der Waals surface area (Å²) in [5, 5.41) is 10.6. The molecule has 1 aliphatic heterocycles. The quantitative estimate of drug-likeness (QED) is 0.852. The number of aromatic nitrogens is 1. The Bertz CT molecular complexity index is 556. The van der Waals surface area contributed by atoms with Crippen LogP contribution in [0, 0.1) is 0 Å². The van der Waals surface area contributed by atoms with E-state index in [4.69, 9.17) is 4.74 Å². The van der Waals surface area contributed by atoms with E-state index in [1.807, 2.05) is 24.3 Å². The Hall–Kier alpha value is -1.68. The van der Waals surface area contributed by atoms with Gasteiger partial charge in [0.25, 0.3) is 0 Å². The molecule has 2 heterocycles. The molecule has 0 aliphatic carbocycles. The van der Waals surface area contributed by atoms with Crippen LogP contribution < -0.4 is 4.74 Å². The number of rotatable bonds is 1. The van der Waals surface area contributed by atoms with Gasteiger partial charge in [-0.3, -0.25) is 0 Å². The van der Waals surface area contributed by atoms with Gasteiger partial charge in [0, 0.05) is 11.4 Å². The molecule has 92 valence electrons. The van der Waals surface area contributed by atoms with Crippen molar-refractivity contribution in [3.63, 3.8) is 0 Å². The maximum atomic E-state index is 9.32. The molecular weight excluding hydrogens is 246 g/mol. The van der Waals surface area contributed by atoms with Crippen molar-refractivity contribution in [3.8, 4) is 11.5 Å². The number of thioether (sulfide) groups is 1. The van der Waals surface area contributed by atoms with Gasteiger partial charge in [-0.2, -0.15) is 0 Å². The lowest BCUT2D eigenvalue weighted by Crippen LogP contribution is -2.22. The Morgan fingerprint density at radius 2 is 2.00 bits per heavy atom. The molecule has 0 amide bonds. The van der Waals surface area contributed by atoms with Crippen LogP contribution in [0.4, 0.5) is 0 Å². The molecule has 0 fully saturated rings. The number of ether oxygens (including phenoxy) is 1. The minimum absolute atomic E-state index is 0.00713. The Morgan fingerprint density at radius 3 is 2.78 bits per heavy atom. The van der Waals surface area contributed by atoms with Crippen LogP contribution in [0.25, 0.3) is 0 Å². The molecule has 4 heteroatoms. The van der Waals surface area contributed by atoms with Crippen LogP contribution in [0.15, 0.2) is 47.6 Å². The number of hydrogen-bond donors (Lipinski definition) is 1. The largest absolute Gasteiger partial charge is 0.508 e. The molecule has 0 saturated heterocycles. The van der Waals surface area contributed by atoms with Gasteiger partial charge < -0.3 is 9.84 Å². The summed E-state index contributed by atoms with van der Waals surface area (Å²) >= 11 is 1.72. The van der Waals surface area contributed by atoms with Crippen LogP contribution in [0.5, 0.6) is 11.5 Å². The highest BCUT2D eigenvalue weighted by Gasteiger charge is 2.29. The molecule has 0 spiro atoms. The number of aromatic hydroxyl groups is 1. The summed E-state index contributed by atoms with van der Waals surface area (Å²) < 4.78 is 6.01. The standard InChI is InChI=1S/C14H13NO2S/c1-9-13(10-4-6-11(16)7-5-10)17-12-3-2-8-15-14(12)18-9/h2-9,13,16H,1H3/t9-,13+/m0/s1. The zero-order valence-corrected chi connectivity index (χ0v) is 10.7. The van der Waals surface area contributed by atoms with Crippen molar-refractivity contribution in [2.24, 2.45) is 0 Å². The van der Waals surface area contributed by atoms with Gasteiger partial charge in [-0.1, -0.05) is 23.9 Å². The molecule has 1 aliphatic rings. The SMILES string of the molecule is C[C@@H]1Sc2ncccc2O[C@H]1c1ccc(O)cc1. The highest BCUT2D eigenvalue weighted by atomic mass is 32.2. The van der Waals surface area contributed by atoms with E-state index in [0.717, 1.165) is 16.3 Å². The van der Waals surface area contributed by atoms with E-state index >= 15 is 0 Å². The summed E-state index contributed by atoms with van der Waals surface area (Å²) in [7, 11) is 0. The molecule has 1 aromatic heterocycles. The fourth-order valence-corrected chi connectivity index (χ4v) is 3.07. The first-order chi connectivity index (χ1) is 8.74. The second-order valence-electron chi connectivity index (χ2n) is 4.26. The summed E-state index contributed by atoms with van der Waals surface area (Å²) in [4.78, 5) is 4.31. The summed E-state index contributed by atoms with van der Waals surface area (Å²) in [6.07, 6.45) is 1.77. The number of benzene rings is 1. The Morgan fingerprint density at radius 1 is 1.22 bits per heavy atom. The van der Waals surface area contributed by atoms with Gasteiger partial charge in [0.05, 0.1) is 0 Å². The molecule has 18 heavy (non-hydrogen) atoms. The third-order valence-electron chi connectivity index (χ3n) is 2.94. The number of pyridine rings is 1. The van der Waals surface area contributed by atoms with Crippen LogP contribution in [0.1, 0.15) is 18.6 Å². The Labute approximate surface area is 110 Å². The van der Waals surface area contributed by atoms with Gasteiger partial charge in [0.15, 0.2) is 5.75 Å². The third-order valence-corrected chi connectivity index (χ3v) is 4.08. The van der Waals surface area contributed by atoms with E-state index in [1.54, 1.807) is 30.1 Å². The van der Waals surface area contributed by atoms with Gasteiger partial charge in [0.2, 0.25) is 0 Å². The van der Waals surface area contributed by atoms with Crippen molar-refractivity contribution < 1.29 is 9.84 Å². The van der Waals surface area contributed by atoms with Crippen LogP contribution in [-0.4, -0.2) is 15.3 Å². The number of fused-ring (bicyclic) bond motifs is 1. The van der Waals surface area contributed by atoms with E-state index in [-0.39, 0.29) is 17.1 Å². The van der Waals surface area contributed by atoms with Crippen molar-refractivity contribution in [2.75, 3.05) is 0 Å². The zero-order valence-electron chi connectivity index (χ0n) is 9.91. The lowest BCUT2D eigenvalue weighted by Gasteiger charge is -2.30. The third kappa shape index (κ3) is 2.04. The number of hydrogen-bond acceptors (Lipinski definition) is 4. The molecule has 3 rings (SSSR count). The van der Waals surface area contributed by atoms with Crippen LogP contribution in [0.3, 0.4) is 0 Å². The van der Waals surface area contributed by atoms with Gasteiger partial charge in [-0.15, -0.1) is 0 Å². The van der Waals surface area contributed by atoms with Crippen molar-refractivity contribution in [2.45, 2.75) is 23.3 Å². The topological polar surface area (TPSA) is 42.4 Å². The van der Waals surface area contributed by atoms with Gasteiger partial charge >= 0.3 is 0 Å². The second-order valence-corrected chi connectivity index (χ2v) is 5.63. The van der Waals surface area contributed by atoms with Crippen LogP contribution in [0.2, 0.25) is 0 Å². The minimum Gasteiger partial charge on any atom is -0.508 e.